The molecule has 2 amide bonds. The van der Waals surface area contributed by atoms with Crippen molar-refractivity contribution in [2.24, 2.45) is 0 Å². The molecule has 0 aliphatic rings. The molecule has 5 nitrogen and oxygen atoms in total. The molecule has 0 saturated carbocycles. The zero-order valence-corrected chi connectivity index (χ0v) is 16.6. The van der Waals surface area contributed by atoms with E-state index >= 15 is 0 Å². The van der Waals surface area contributed by atoms with E-state index in [-0.39, 0.29) is 6.61 Å². The van der Waals surface area contributed by atoms with Crippen LogP contribution in [0.5, 0.6) is 5.75 Å². The number of rotatable bonds is 5. The largest absolute Gasteiger partial charge is 0.482 e. The van der Waals surface area contributed by atoms with Crippen LogP contribution in [0.15, 0.2) is 44.7 Å². The number of amides is 2. The quantitative estimate of drug-likeness (QED) is 0.512. The number of hydrogen-bond donors (Lipinski definition) is 2. The molecule has 0 unspecified atom stereocenters. The summed E-state index contributed by atoms with van der Waals surface area (Å²) in [6.45, 7) is 1.66. The van der Waals surface area contributed by atoms with Crippen LogP contribution in [0.3, 0.4) is 0 Å². The Balaban J connectivity index is 1.78. The molecule has 0 bridgehead atoms. The zero-order valence-electron chi connectivity index (χ0n) is 12.6. The Morgan fingerprint density at radius 1 is 1.29 bits per heavy atom. The fourth-order valence-corrected chi connectivity index (χ4v) is 3.93. The normalized spacial score (nSPS) is 10.6. The van der Waals surface area contributed by atoms with Crippen LogP contribution in [-0.4, -0.2) is 18.4 Å². The number of hydrazine groups is 1. The first kappa shape index (κ1) is 18.7. The Morgan fingerprint density at radius 2 is 2.08 bits per heavy atom. The Hall–Kier alpha value is -1.64. The van der Waals surface area contributed by atoms with Gasteiger partial charge in [-0.2, -0.15) is 0 Å². The summed E-state index contributed by atoms with van der Waals surface area (Å²) >= 11 is 8.28. The van der Waals surface area contributed by atoms with Gasteiger partial charge in [0.05, 0.1) is 4.47 Å². The average molecular weight is 474 g/mol. The van der Waals surface area contributed by atoms with Crippen molar-refractivity contribution in [3.05, 3.63) is 55.1 Å². The fourth-order valence-electron chi connectivity index (χ4n) is 1.76. The maximum absolute atomic E-state index is 11.7. The van der Waals surface area contributed by atoms with Crippen LogP contribution >= 0.6 is 43.2 Å². The lowest BCUT2D eigenvalue weighted by Gasteiger charge is -2.12. The van der Waals surface area contributed by atoms with Gasteiger partial charge in [-0.15, -0.1) is 11.3 Å². The molecular formula is C16H14Br2N2O3S. The SMILES string of the molecule is Cc1cc(Br)cc(Br)c1OCC(=O)NNC(=O)C=Cc1cccs1. The number of carbonyl (C=O) groups is 2. The maximum atomic E-state index is 11.7. The zero-order chi connectivity index (χ0) is 17.5. The molecule has 1 aromatic heterocycles. The van der Waals surface area contributed by atoms with E-state index in [0.29, 0.717) is 5.75 Å². The monoisotopic (exact) mass is 472 g/mol. The van der Waals surface area contributed by atoms with E-state index in [4.69, 9.17) is 4.74 Å². The predicted octanol–water partition coefficient (Wildman–Crippen LogP) is 3.82. The van der Waals surface area contributed by atoms with Crippen LogP contribution in [0.1, 0.15) is 10.4 Å². The minimum absolute atomic E-state index is 0.212. The van der Waals surface area contributed by atoms with Gasteiger partial charge in [0.15, 0.2) is 6.61 Å². The van der Waals surface area contributed by atoms with Crippen LogP contribution in [0.25, 0.3) is 6.08 Å². The van der Waals surface area contributed by atoms with Crippen LogP contribution < -0.4 is 15.6 Å². The van der Waals surface area contributed by atoms with E-state index < -0.39 is 11.8 Å². The van der Waals surface area contributed by atoms with Crippen molar-refractivity contribution in [3.8, 4) is 5.75 Å². The number of benzene rings is 1. The molecule has 2 aromatic rings. The maximum Gasteiger partial charge on any atom is 0.276 e. The van der Waals surface area contributed by atoms with E-state index in [2.05, 4.69) is 42.7 Å². The summed E-state index contributed by atoms with van der Waals surface area (Å²) in [6.07, 6.45) is 3.02. The summed E-state index contributed by atoms with van der Waals surface area (Å²) in [6, 6.07) is 7.50. The van der Waals surface area contributed by atoms with E-state index in [1.165, 1.54) is 17.4 Å². The van der Waals surface area contributed by atoms with Gasteiger partial charge >= 0.3 is 0 Å². The van der Waals surface area contributed by atoms with Gasteiger partial charge in [-0.25, -0.2) is 0 Å². The smallest absolute Gasteiger partial charge is 0.276 e. The Bertz CT molecular complexity index is 738. The van der Waals surface area contributed by atoms with E-state index in [0.717, 1.165) is 19.4 Å². The first-order valence-electron chi connectivity index (χ1n) is 6.84. The number of halogens is 2. The third kappa shape index (κ3) is 5.77. The molecule has 2 rings (SSSR count). The minimum atomic E-state index is -0.456. The molecule has 2 N–H and O–H groups in total. The van der Waals surface area contributed by atoms with Crippen molar-refractivity contribution < 1.29 is 14.3 Å². The van der Waals surface area contributed by atoms with Crippen LogP contribution in [-0.2, 0) is 9.59 Å². The van der Waals surface area contributed by atoms with Gasteiger partial charge in [0.2, 0.25) is 0 Å². The highest BCUT2D eigenvalue weighted by molar-refractivity contribution is 9.11. The molecule has 0 atom stereocenters. The average Bonchev–Trinajstić information content (AvgIpc) is 3.03. The number of thiophene rings is 1. The lowest BCUT2D eigenvalue weighted by Crippen LogP contribution is -2.43. The first-order chi connectivity index (χ1) is 11.5. The lowest BCUT2D eigenvalue weighted by atomic mass is 10.2. The van der Waals surface area contributed by atoms with Crippen molar-refractivity contribution >= 4 is 61.1 Å². The first-order valence-corrected chi connectivity index (χ1v) is 9.31. The van der Waals surface area contributed by atoms with Gasteiger partial charge in [-0.3, -0.25) is 20.4 Å². The van der Waals surface area contributed by atoms with Gasteiger partial charge in [0.25, 0.3) is 11.8 Å². The van der Waals surface area contributed by atoms with Crippen molar-refractivity contribution in [1.29, 1.82) is 0 Å². The predicted molar refractivity (Wildman–Crippen MR) is 102 cm³/mol. The van der Waals surface area contributed by atoms with Gasteiger partial charge in [0.1, 0.15) is 5.75 Å². The van der Waals surface area contributed by atoms with Crippen LogP contribution in [0, 0.1) is 6.92 Å². The standard InChI is InChI=1S/C16H14Br2N2O3S/c1-10-7-11(17)8-13(18)16(10)23-9-15(22)20-19-14(21)5-4-12-3-2-6-24-12/h2-8H,9H2,1H3,(H,19,21)(H,20,22). The summed E-state index contributed by atoms with van der Waals surface area (Å²) in [5, 5.41) is 1.92. The Kier molecular flexibility index (Phi) is 7.01. The molecule has 0 spiro atoms. The Morgan fingerprint density at radius 3 is 2.75 bits per heavy atom. The summed E-state index contributed by atoms with van der Waals surface area (Å²) in [4.78, 5) is 24.3. The highest BCUT2D eigenvalue weighted by Gasteiger charge is 2.10. The van der Waals surface area contributed by atoms with E-state index in [1.54, 1.807) is 6.08 Å². The number of nitrogens with one attached hydrogen (secondary N) is 2. The third-order valence-corrected chi connectivity index (χ3v) is 4.69. The number of carbonyl (C=O) groups excluding carboxylic acids is 2. The Labute approximate surface area is 160 Å². The molecule has 0 aliphatic carbocycles. The van der Waals surface area contributed by atoms with E-state index in [9.17, 15) is 9.59 Å². The molecule has 1 heterocycles. The van der Waals surface area contributed by atoms with Gasteiger partial charge in [-0.05, 0) is 58.1 Å². The third-order valence-electron chi connectivity index (χ3n) is 2.81. The molecule has 1 aromatic carbocycles. The van der Waals surface area contributed by atoms with Crippen molar-refractivity contribution in [3.63, 3.8) is 0 Å². The molecule has 126 valence electrons. The van der Waals surface area contributed by atoms with E-state index in [1.807, 2.05) is 36.6 Å². The summed E-state index contributed by atoms with van der Waals surface area (Å²) in [7, 11) is 0. The number of hydrogen-bond acceptors (Lipinski definition) is 4. The summed E-state index contributed by atoms with van der Waals surface area (Å²) in [5.74, 6) is -0.294. The molecule has 8 heteroatoms. The molecule has 0 aliphatic heterocycles. The molecule has 0 saturated heterocycles. The van der Waals surface area contributed by atoms with Gasteiger partial charge < -0.3 is 4.74 Å². The second kappa shape index (κ2) is 9.00. The second-order valence-corrected chi connectivity index (χ2v) is 7.46. The molecule has 0 fully saturated rings. The van der Waals surface area contributed by atoms with Crippen molar-refractivity contribution in [2.45, 2.75) is 6.92 Å². The highest BCUT2D eigenvalue weighted by Crippen LogP contribution is 2.32. The summed E-state index contributed by atoms with van der Waals surface area (Å²) < 4.78 is 7.14. The lowest BCUT2D eigenvalue weighted by molar-refractivity contribution is -0.128. The molecule has 0 radical (unpaired) electrons. The van der Waals surface area contributed by atoms with Crippen molar-refractivity contribution in [2.75, 3.05) is 6.61 Å². The van der Waals surface area contributed by atoms with Crippen molar-refractivity contribution in [1.82, 2.24) is 10.9 Å². The van der Waals surface area contributed by atoms with Crippen LogP contribution in [0.2, 0.25) is 0 Å². The fraction of sp³-hybridized carbons (Fsp3) is 0.125. The molecular weight excluding hydrogens is 460 g/mol. The second-order valence-electron chi connectivity index (χ2n) is 4.71. The summed E-state index contributed by atoms with van der Waals surface area (Å²) in [5.41, 5.74) is 5.48. The van der Waals surface area contributed by atoms with Crippen LogP contribution in [0.4, 0.5) is 0 Å². The minimum Gasteiger partial charge on any atom is -0.482 e. The van der Waals surface area contributed by atoms with Gasteiger partial charge in [0, 0.05) is 15.4 Å². The number of aryl methyl sites for hydroxylation is 1. The number of ether oxygens (including phenoxy) is 1. The topological polar surface area (TPSA) is 67.4 Å². The molecule has 24 heavy (non-hydrogen) atoms. The van der Waals surface area contributed by atoms with Gasteiger partial charge in [-0.1, -0.05) is 22.0 Å². The highest BCUT2D eigenvalue weighted by atomic mass is 79.9.